The second kappa shape index (κ2) is 7.20. The lowest BCUT2D eigenvalue weighted by atomic mass is 9.75. The van der Waals surface area contributed by atoms with Crippen molar-refractivity contribution in [3.8, 4) is 5.75 Å². The molecule has 1 fully saturated rings. The van der Waals surface area contributed by atoms with Crippen LogP contribution in [0.25, 0.3) is 0 Å². The minimum atomic E-state index is 0.671. The molecule has 0 radical (unpaired) electrons. The van der Waals surface area contributed by atoms with Crippen molar-refractivity contribution < 1.29 is 4.74 Å². The van der Waals surface area contributed by atoms with Crippen LogP contribution < -0.4 is 10.1 Å². The van der Waals surface area contributed by atoms with Crippen molar-refractivity contribution in [2.45, 2.75) is 31.7 Å². The first kappa shape index (κ1) is 14.7. The van der Waals surface area contributed by atoms with Gasteiger partial charge in [0.1, 0.15) is 5.75 Å². The number of nitrogens with one attached hydrogen (secondary N) is 1. The Bertz CT molecular complexity index is 390. The van der Waals surface area contributed by atoms with E-state index in [2.05, 4.69) is 36.7 Å². The number of hydrogen-bond acceptors (Lipinski definition) is 3. The number of benzene rings is 1. The van der Waals surface area contributed by atoms with Crippen molar-refractivity contribution >= 4 is 11.8 Å². The molecule has 0 aromatic heterocycles. The molecule has 0 bridgehead atoms. The van der Waals surface area contributed by atoms with Crippen LogP contribution in [0.5, 0.6) is 5.75 Å². The molecule has 0 spiro atoms. The van der Waals surface area contributed by atoms with Crippen molar-refractivity contribution in [1.82, 2.24) is 5.32 Å². The van der Waals surface area contributed by atoms with Gasteiger partial charge in [-0.05, 0) is 54.9 Å². The summed E-state index contributed by atoms with van der Waals surface area (Å²) in [5.74, 6) is 3.72. The van der Waals surface area contributed by atoms with E-state index in [9.17, 15) is 0 Å². The zero-order valence-electron chi connectivity index (χ0n) is 12.2. The standard InChI is InChI=1S/C16H25NOS/c1-12(11-19-3)10-17-14-8-13(9-14)15-6-4-5-7-16(15)18-2/h4-7,12-14,17H,8-11H2,1-3H3. The highest BCUT2D eigenvalue weighted by Gasteiger charge is 2.31. The van der Waals surface area contributed by atoms with E-state index in [4.69, 9.17) is 4.74 Å². The Balaban J connectivity index is 1.77. The average Bonchev–Trinajstić information content (AvgIpc) is 2.37. The third-order valence-corrected chi connectivity index (χ3v) is 4.83. The highest BCUT2D eigenvalue weighted by Crippen LogP contribution is 2.40. The molecule has 1 aromatic rings. The van der Waals surface area contributed by atoms with Crippen molar-refractivity contribution in [1.29, 1.82) is 0 Å². The molecule has 1 atom stereocenters. The number of hydrogen-bond donors (Lipinski definition) is 1. The van der Waals surface area contributed by atoms with E-state index in [1.165, 1.54) is 24.2 Å². The first-order valence-corrected chi connectivity index (χ1v) is 8.49. The Morgan fingerprint density at radius 1 is 1.37 bits per heavy atom. The zero-order valence-corrected chi connectivity index (χ0v) is 13.0. The van der Waals surface area contributed by atoms with Crippen LogP contribution in [0.3, 0.4) is 0 Å². The van der Waals surface area contributed by atoms with Crippen LogP contribution in [0.1, 0.15) is 31.2 Å². The fourth-order valence-corrected chi connectivity index (χ4v) is 3.44. The third-order valence-electron chi connectivity index (χ3n) is 3.92. The predicted molar refractivity (Wildman–Crippen MR) is 84.3 cm³/mol. The lowest BCUT2D eigenvalue weighted by Gasteiger charge is -2.37. The molecule has 0 amide bonds. The van der Waals surface area contributed by atoms with Gasteiger partial charge in [0.25, 0.3) is 0 Å². The maximum atomic E-state index is 5.44. The van der Waals surface area contributed by atoms with Gasteiger partial charge < -0.3 is 10.1 Å². The maximum Gasteiger partial charge on any atom is 0.122 e. The van der Waals surface area contributed by atoms with E-state index in [1.807, 2.05) is 17.8 Å². The summed E-state index contributed by atoms with van der Waals surface area (Å²) < 4.78 is 5.44. The van der Waals surface area contributed by atoms with Crippen molar-refractivity contribution in [2.75, 3.05) is 25.7 Å². The largest absolute Gasteiger partial charge is 0.496 e. The Morgan fingerprint density at radius 2 is 2.11 bits per heavy atom. The molecule has 1 aromatic carbocycles. The van der Waals surface area contributed by atoms with Gasteiger partial charge in [0.05, 0.1) is 7.11 Å². The molecular weight excluding hydrogens is 254 g/mol. The summed E-state index contributed by atoms with van der Waals surface area (Å²) in [5, 5.41) is 3.69. The molecule has 1 unspecified atom stereocenters. The highest BCUT2D eigenvalue weighted by atomic mass is 32.2. The van der Waals surface area contributed by atoms with Gasteiger partial charge in [0.2, 0.25) is 0 Å². The van der Waals surface area contributed by atoms with Crippen LogP contribution in [-0.4, -0.2) is 31.7 Å². The van der Waals surface area contributed by atoms with Gasteiger partial charge in [-0.2, -0.15) is 11.8 Å². The SMILES string of the molecule is COc1ccccc1C1CC(NCC(C)CSC)C1. The number of methoxy groups -OCH3 is 1. The predicted octanol–water partition coefficient (Wildman–Crippen LogP) is 3.53. The molecule has 2 nitrogen and oxygen atoms in total. The smallest absolute Gasteiger partial charge is 0.122 e. The minimum Gasteiger partial charge on any atom is -0.496 e. The van der Waals surface area contributed by atoms with Crippen molar-refractivity contribution in [3.05, 3.63) is 29.8 Å². The van der Waals surface area contributed by atoms with Crippen LogP contribution >= 0.6 is 11.8 Å². The van der Waals surface area contributed by atoms with Crippen LogP contribution in [0.4, 0.5) is 0 Å². The van der Waals surface area contributed by atoms with Gasteiger partial charge in [-0.1, -0.05) is 25.1 Å². The number of para-hydroxylation sites is 1. The molecule has 1 saturated carbocycles. The molecule has 1 aliphatic rings. The second-order valence-electron chi connectivity index (χ2n) is 5.58. The fourth-order valence-electron chi connectivity index (χ4n) is 2.75. The summed E-state index contributed by atoms with van der Waals surface area (Å²) >= 11 is 1.93. The Hall–Kier alpha value is -0.670. The van der Waals surface area contributed by atoms with Gasteiger partial charge in [0.15, 0.2) is 0 Å². The van der Waals surface area contributed by atoms with Gasteiger partial charge in [0, 0.05) is 6.04 Å². The van der Waals surface area contributed by atoms with Gasteiger partial charge >= 0.3 is 0 Å². The first-order valence-electron chi connectivity index (χ1n) is 7.09. The molecule has 106 valence electrons. The van der Waals surface area contributed by atoms with Crippen LogP contribution in [0.2, 0.25) is 0 Å². The van der Waals surface area contributed by atoms with Crippen molar-refractivity contribution in [2.24, 2.45) is 5.92 Å². The quantitative estimate of drug-likeness (QED) is 0.825. The topological polar surface area (TPSA) is 21.3 Å². The van der Waals surface area contributed by atoms with E-state index in [0.717, 1.165) is 18.2 Å². The normalized spacial score (nSPS) is 23.7. The van der Waals surface area contributed by atoms with Gasteiger partial charge in [-0.15, -0.1) is 0 Å². The summed E-state index contributed by atoms with van der Waals surface area (Å²) in [6.07, 6.45) is 4.66. The number of thioether (sulfide) groups is 1. The summed E-state index contributed by atoms with van der Waals surface area (Å²) in [5.41, 5.74) is 1.38. The Labute approximate surface area is 121 Å². The van der Waals surface area contributed by atoms with Crippen LogP contribution in [0.15, 0.2) is 24.3 Å². The second-order valence-corrected chi connectivity index (χ2v) is 6.49. The molecule has 2 rings (SSSR count). The summed E-state index contributed by atoms with van der Waals surface area (Å²) in [6.45, 7) is 3.46. The van der Waals surface area contributed by atoms with E-state index in [0.29, 0.717) is 12.0 Å². The molecular formula is C16H25NOS. The summed E-state index contributed by atoms with van der Waals surface area (Å²) in [7, 11) is 1.76. The molecule has 0 saturated heterocycles. The first-order chi connectivity index (χ1) is 9.24. The van der Waals surface area contributed by atoms with Crippen LogP contribution in [-0.2, 0) is 0 Å². The van der Waals surface area contributed by atoms with Crippen molar-refractivity contribution in [3.63, 3.8) is 0 Å². The van der Waals surface area contributed by atoms with Gasteiger partial charge in [-0.3, -0.25) is 0 Å². The summed E-state index contributed by atoms with van der Waals surface area (Å²) in [6, 6.07) is 9.12. The Kier molecular flexibility index (Phi) is 5.59. The molecule has 19 heavy (non-hydrogen) atoms. The summed E-state index contributed by atoms with van der Waals surface area (Å²) in [4.78, 5) is 0. The molecule has 1 N–H and O–H groups in total. The van der Waals surface area contributed by atoms with Gasteiger partial charge in [-0.25, -0.2) is 0 Å². The zero-order chi connectivity index (χ0) is 13.7. The highest BCUT2D eigenvalue weighted by molar-refractivity contribution is 7.98. The maximum absolute atomic E-state index is 5.44. The fraction of sp³-hybridized carbons (Fsp3) is 0.625. The van der Waals surface area contributed by atoms with E-state index >= 15 is 0 Å². The van der Waals surface area contributed by atoms with Crippen LogP contribution in [0, 0.1) is 5.92 Å². The lowest BCUT2D eigenvalue weighted by Crippen LogP contribution is -2.42. The van der Waals surface area contributed by atoms with E-state index in [-0.39, 0.29) is 0 Å². The number of ether oxygens (including phenoxy) is 1. The third kappa shape index (κ3) is 3.90. The lowest BCUT2D eigenvalue weighted by molar-refractivity contribution is 0.275. The monoisotopic (exact) mass is 279 g/mol. The number of rotatable bonds is 7. The molecule has 0 heterocycles. The van der Waals surface area contributed by atoms with E-state index in [1.54, 1.807) is 7.11 Å². The average molecular weight is 279 g/mol. The Morgan fingerprint density at radius 3 is 2.79 bits per heavy atom. The minimum absolute atomic E-state index is 0.671. The van der Waals surface area contributed by atoms with E-state index < -0.39 is 0 Å². The molecule has 3 heteroatoms. The molecule has 0 aliphatic heterocycles. The molecule has 1 aliphatic carbocycles.